The molecular formula is C10H20N2. The summed E-state index contributed by atoms with van der Waals surface area (Å²) >= 11 is 0. The smallest absolute Gasteiger partial charge is 0.0346 e. The van der Waals surface area contributed by atoms with E-state index in [1.54, 1.807) is 0 Å². The minimum absolute atomic E-state index is 0.375. The maximum absolute atomic E-state index is 3.69. The maximum Gasteiger partial charge on any atom is 0.0346 e. The highest BCUT2D eigenvalue weighted by Crippen LogP contribution is 2.44. The number of rotatable bonds is 0. The van der Waals surface area contributed by atoms with E-state index in [0.29, 0.717) is 11.0 Å². The summed E-state index contributed by atoms with van der Waals surface area (Å²) in [6, 6.07) is 0. The van der Waals surface area contributed by atoms with Crippen LogP contribution in [0, 0.1) is 5.41 Å². The zero-order valence-corrected chi connectivity index (χ0v) is 8.48. The van der Waals surface area contributed by atoms with Crippen LogP contribution in [0.2, 0.25) is 0 Å². The monoisotopic (exact) mass is 168 g/mol. The topological polar surface area (TPSA) is 15.3 Å². The van der Waals surface area contributed by atoms with Gasteiger partial charge in [0.05, 0.1) is 0 Å². The van der Waals surface area contributed by atoms with Gasteiger partial charge in [-0.05, 0) is 38.8 Å². The Morgan fingerprint density at radius 2 is 2.00 bits per heavy atom. The molecule has 70 valence electrons. The van der Waals surface area contributed by atoms with Crippen molar-refractivity contribution >= 4 is 0 Å². The number of likely N-dealkylation sites (N-methyl/N-ethyl adjacent to an activating group) is 1. The predicted octanol–water partition coefficient (Wildman–Crippen LogP) is 1.08. The SMILES string of the molecule is CN1C[C@@]2(C)CCCN[C@@]2(C)C1. The molecule has 0 aromatic heterocycles. The van der Waals surface area contributed by atoms with E-state index >= 15 is 0 Å². The highest BCUT2D eigenvalue weighted by atomic mass is 15.2. The van der Waals surface area contributed by atoms with Gasteiger partial charge in [0.1, 0.15) is 0 Å². The largest absolute Gasteiger partial charge is 0.310 e. The Hall–Kier alpha value is -0.0800. The maximum atomic E-state index is 3.69. The fourth-order valence-electron chi connectivity index (χ4n) is 3.02. The van der Waals surface area contributed by atoms with E-state index in [9.17, 15) is 0 Å². The molecule has 2 heteroatoms. The van der Waals surface area contributed by atoms with Crippen molar-refractivity contribution in [2.24, 2.45) is 5.41 Å². The van der Waals surface area contributed by atoms with Gasteiger partial charge in [-0.25, -0.2) is 0 Å². The van der Waals surface area contributed by atoms with Gasteiger partial charge in [-0.3, -0.25) is 0 Å². The van der Waals surface area contributed by atoms with E-state index in [1.807, 2.05) is 0 Å². The second kappa shape index (κ2) is 2.46. The zero-order chi connectivity index (χ0) is 8.82. The molecule has 0 amide bonds. The molecule has 1 N–H and O–H groups in total. The molecule has 0 spiro atoms. The average molecular weight is 168 g/mol. The number of hydrogen-bond acceptors (Lipinski definition) is 2. The first-order valence-electron chi connectivity index (χ1n) is 4.99. The second-order valence-electron chi connectivity index (χ2n) is 5.10. The van der Waals surface area contributed by atoms with Crippen LogP contribution in [0.25, 0.3) is 0 Å². The molecule has 2 aliphatic heterocycles. The van der Waals surface area contributed by atoms with E-state index in [0.717, 1.165) is 0 Å². The number of nitrogens with zero attached hydrogens (tertiary/aromatic N) is 1. The van der Waals surface area contributed by atoms with Crippen LogP contribution in [0.1, 0.15) is 26.7 Å². The molecule has 0 radical (unpaired) electrons. The van der Waals surface area contributed by atoms with Gasteiger partial charge in [0.2, 0.25) is 0 Å². The molecule has 0 aliphatic carbocycles. The van der Waals surface area contributed by atoms with Crippen LogP contribution in [-0.4, -0.2) is 37.1 Å². The van der Waals surface area contributed by atoms with Crippen molar-refractivity contribution in [3.05, 3.63) is 0 Å². The zero-order valence-electron chi connectivity index (χ0n) is 8.48. The molecule has 0 aromatic carbocycles. The molecule has 2 fully saturated rings. The normalized spacial score (nSPS) is 49.2. The van der Waals surface area contributed by atoms with Gasteiger partial charge in [0.25, 0.3) is 0 Å². The van der Waals surface area contributed by atoms with E-state index in [2.05, 4.69) is 31.1 Å². The van der Waals surface area contributed by atoms with Gasteiger partial charge in [0.15, 0.2) is 0 Å². The molecule has 0 aromatic rings. The van der Waals surface area contributed by atoms with E-state index < -0.39 is 0 Å². The summed E-state index contributed by atoms with van der Waals surface area (Å²) < 4.78 is 0. The molecule has 2 saturated heterocycles. The summed E-state index contributed by atoms with van der Waals surface area (Å²) in [7, 11) is 2.23. The minimum atomic E-state index is 0.375. The quantitative estimate of drug-likeness (QED) is 0.582. The van der Waals surface area contributed by atoms with Crippen LogP contribution in [0.15, 0.2) is 0 Å². The van der Waals surface area contributed by atoms with Crippen LogP contribution < -0.4 is 5.32 Å². The first-order chi connectivity index (χ1) is 5.56. The Morgan fingerprint density at radius 3 is 2.67 bits per heavy atom. The Labute approximate surface area is 75.3 Å². The molecule has 0 saturated carbocycles. The molecule has 2 nitrogen and oxygen atoms in total. The van der Waals surface area contributed by atoms with Crippen LogP contribution in [0.5, 0.6) is 0 Å². The summed E-state index contributed by atoms with van der Waals surface area (Å²) in [5.41, 5.74) is 0.889. The molecule has 12 heavy (non-hydrogen) atoms. The lowest BCUT2D eigenvalue weighted by molar-refractivity contribution is 0.126. The summed E-state index contributed by atoms with van der Waals surface area (Å²) in [4.78, 5) is 2.46. The van der Waals surface area contributed by atoms with Crippen LogP contribution in [0.4, 0.5) is 0 Å². The van der Waals surface area contributed by atoms with Crippen molar-refractivity contribution in [2.75, 3.05) is 26.7 Å². The summed E-state index contributed by atoms with van der Waals surface area (Å²) in [5, 5.41) is 3.69. The second-order valence-corrected chi connectivity index (χ2v) is 5.10. The number of fused-ring (bicyclic) bond motifs is 1. The van der Waals surface area contributed by atoms with Crippen LogP contribution in [0.3, 0.4) is 0 Å². The first-order valence-corrected chi connectivity index (χ1v) is 4.99. The fraction of sp³-hybridized carbons (Fsp3) is 1.00. The summed E-state index contributed by atoms with van der Waals surface area (Å²) in [5.74, 6) is 0. The number of nitrogens with one attached hydrogen (secondary N) is 1. The van der Waals surface area contributed by atoms with Gasteiger partial charge in [-0.1, -0.05) is 6.92 Å². The summed E-state index contributed by atoms with van der Waals surface area (Å²) in [6.07, 6.45) is 2.74. The average Bonchev–Trinajstić information content (AvgIpc) is 2.18. The van der Waals surface area contributed by atoms with Crippen LogP contribution in [-0.2, 0) is 0 Å². The van der Waals surface area contributed by atoms with Gasteiger partial charge in [-0.15, -0.1) is 0 Å². The van der Waals surface area contributed by atoms with Crippen molar-refractivity contribution in [1.29, 1.82) is 0 Å². The lowest BCUT2D eigenvalue weighted by Crippen LogP contribution is -2.58. The first kappa shape index (κ1) is 8.52. The number of likely N-dealkylation sites (tertiary alicyclic amines) is 1. The number of piperidine rings is 1. The lowest BCUT2D eigenvalue weighted by atomic mass is 9.69. The van der Waals surface area contributed by atoms with Gasteiger partial charge >= 0.3 is 0 Å². The third-order valence-corrected chi connectivity index (χ3v) is 3.96. The minimum Gasteiger partial charge on any atom is -0.310 e. The fourth-order valence-corrected chi connectivity index (χ4v) is 3.02. The lowest BCUT2D eigenvalue weighted by Gasteiger charge is -2.45. The van der Waals surface area contributed by atoms with Crippen molar-refractivity contribution in [1.82, 2.24) is 10.2 Å². The van der Waals surface area contributed by atoms with Crippen molar-refractivity contribution in [2.45, 2.75) is 32.2 Å². The van der Waals surface area contributed by atoms with Gasteiger partial charge in [-0.2, -0.15) is 0 Å². The highest BCUT2D eigenvalue weighted by molar-refractivity contribution is 5.09. The van der Waals surface area contributed by atoms with Crippen molar-refractivity contribution in [3.63, 3.8) is 0 Å². The Morgan fingerprint density at radius 1 is 1.25 bits per heavy atom. The van der Waals surface area contributed by atoms with E-state index in [1.165, 1.54) is 32.5 Å². The standard InChI is InChI=1S/C10H20N2/c1-9-5-4-6-11-10(9,2)8-12(3)7-9/h11H,4-8H2,1-3H3/t9-,10+/m1/s1. The Kier molecular flexibility index (Phi) is 1.74. The molecule has 0 bridgehead atoms. The van der Waals surface area contributed by atoms with E-state index in [-0.39, 0.29) is 0 Å². The molecule has 0 unspecified atom stereocenters. The van der Waals surface area contributed by atoms with Crippen LogP contribution >= 0.6 is 0 Å². The Balaban J connectivity index is 2.24. The molecule has 2 rings (SSSR count). The van der Waals surface area contributed by atoms with Gasteiger partial charge < -0.3 is 10.2 Å². The predicted molar refractivity (Wildman–Crippen MR) is 51.2 cm³/mol. The van der Waals surface area contributed by atoms with E-state index in [4.69, 9.17) is 0 Å². The van der Waals surface area contributed by atoms with Crippen molar-refractivity contribution < 1.29 is 0 Å². The number of hydrogen-bond donors (Lipinski definition) is 1. The highest BCUT2D eigenvalue weighted by Gasteiger charge is 2.51. The van der Waals surface area contributed by atoms with Gasteiger partial charge in [0, 0.05) is 18.6 Å². The molecule has 2 atom stereocenters. The summed E-state index contributed by atoms with van der Waals surface area (Å²) in [6.45, 7) is 8.50. The molecule has 2 aliphatic rings. The molecular weight excluding hydrogens is 148 g/mol. The Bertz CT molecular complexity index is 172. The third kappa shape index (κ3) is 1.01. The molecule has 2 heterocycles. The third-order valence-electron chi connectivity index (χ3n) is 3.96. The van der Waals surface area contributed by atoms with Crippen molar-refractivity contribution in [3.8, 4) is 0 Å².